The molecule has 2 aromatic heterocycles. The summed E-state index contributed by atoms with van der Waals surface area (Å²) in [6.07, 6.45) is 1.56. The molecule has 0 atom stereocenters. The van der Waals surface area contributed by atoms with Crippen molar-refractivity contribution in [3.05, 3.63) is 70.8 Å². The van der Waals surface area contributed by atoms with E-state index in [0.29, 0.717) is 6.42 Å². The number of nitrogens with zero attached hydrogens (tertiary/aromatic N) is 3. The van der Waals surface area contributed by atoms with Crippen LogP contribution in [0.3, 0.4) is 0 Å². The van der Waals surface area contributed by atoms with Crippen molar-refractivity contribution in [1.82, 2.24) is 19.8 Å². The summed E-state index contributed by atoms with van der Waals surface area (Å²) in [4.78, 5) is 13.4. The minimum atomic E-state index is -0.342. The third-order valence-corrected chi connectivity index (χ3v) is 6.42. The summed E-state index contributed by atoms with van der Waals surface area (Å²) in [5.41, 5.74) is 6.54. The first-order valence-electron chi connectivity index (χ1n) is 11.1. The molecule has 1 aliphatic rings. The molecule has 32 heavy (non-hydrogen) atoms. The van der Waals surface area contributed by atoms with Crippen molar-refractivity contribution >= 4 is 21.8 Å². The molecule has 0 radical (unpaired) electrons. The standard InChI is InChI=1S/C26H29FN4O/c1-30(2)12-13-31-11-10-19-23(16-31)28-22(15-17-8-9-24(32-3)20(27)14-17)26-25(19)18-6-4-5-7-21(18)29-26/h4-9,14,29H,10-13,15-16H2,1-3H3. The Kier molecular flexibility index (Phi) is 5.57. The Labute approximate surface area is 187 Å². The molecule has 1 N–H and O–H groups in total. The van der Waals surface area contributed by atoms with Gasteiger partial charge in [0.1, 0.15) is 0 Å². The van der Waals surface area contributed by atoms with E-state index in [2.05, 4.69) is 53.1 Å². The molecule has 6 heteroatoms. The van der Waals surface area contributed by atoms with E-state index in [1.807, 2.05) is 6.07 Å². The molecule has 2 aromatic carbocycles. The summed E-state index contributed by atoms with van der Waals surface area (Å²) in [6, 6.07) is 13.6. The maximum atomic E-state index is 14.3. The zero-order valence-corrected chi connectivity index (χ0v) is 18.9. The van der Waals surface area contributed by atoms with Gasteiger partial charge >= 0.3 is 0 Å². The highest BCUT2D eigenvalue weighted by Gasteiger charge is 2.24. The zero-order valence-electron chi connectivity index (χ0n) is 18.9. The Morgan fingerprint density at radius 2 is 2.03 bits per heavy atom. The van der Waals surface area contributed by atoms with Crippen molar-refractivity contribution in [1.29, 1.82) is 0 Å². The van der Waals surface area contributed by atoms with Gasteiger partial charge in [0.05, 0.1) is 24.0 Å². The topological polar surface area (TPSA) is 44.4 Å². The zero-order chi connectivity index (χ0) is 22.2. The summed E-state index contributed by atoms with van der Waals surface area (Å²) in [6.45, 7) is 3.95. The van der Waals surface area contributed by atoms with Crippen LogP contribution in [0.15, 0.2) is 42.5 Å². The first-order valence-corrected chi connectivity index (χ1v) is 11.1. The second kappa shape index (κ2) is 8.52. The summed E-state index contributed by atoms with van der Waals surface area (Å²) in [7, 11) is 5.70. The first kappa shape index (κ1) is 20.9. The van der Waals surface area contributed by atoms with Gasteiger partial charge < -0.3 is 14.6 Å². The number of methoxy groups -OCH3 is 1. The number of rotatable bonds is 6. The molecule has 0 bridgehead atoms. The number of aromatic nitrogens is 2. The molecule has 0 saturated heterocycles. The number of H-pyrrole nitrogens is 1. The first-order chi connectivity index (χ1) is 15.5. The average molecular weight is 433 g/mol. The molecular weight excluding hydrogens is 403 g/mol. The number of aromatic amines is 1. The van der Waals surface area contributed by atoms with E-state index in [1.165, 1.54) is 23.4 Å². The van der Waals surface area contributed by atoms with E-state index >= 15 is 0 Å². The van der Waals surface area contributed by atoms with E-state index < -0.39 is 0 Å². The molecule has 0 aliphatic carbocycles. The van der Waals surface area contributed by atoms with Gasteiger partial charge in [-0.05, 0) is 49.8 Å². The Balaban J connectivity index is 1.60. The van der Waals surface area contributed by atoms with Gasteiger partial charge in [0, 0.05) is 48.9 Å². The van der Waals surface area contributed by atoms with Crippen molar-refractivity contribution in [3.63, 3.8) is 0 Å². The van der Waals surface area contributed by atoms with Crippen molar-refractivity contribution in [2.45, 2.75) is 19.4 Å². The predicted octanol–water partition coefficient (Wildman–Crippen LogP) is 4.37. The summed E-state index contributed by atoms with van der Waals surface area (Å²) in [5, 5.41) is 2.52. The fourth-order valence-electron chi connectivity index (χ4n) is 4.74. The van der Waals surface area contributed by atoms with Gasteiger partial charge in [-0.1, -0.05) is 24.3 Å². The average Bonchev–Trinajstić information content (AvgIpc) is 3.18. The molecular formula is C26H29FN4O. The molecule has 166 valence electrons. The van der Waals surface area contributed by atoms with Gasteiger partial charge in [-0.3, -0.25) is 9.88 Å². The van der Waals surface area contributed by atoms with Crippen LogP contribution >= 0.6 is 0 Å². The van der Waals surface area contributed by atoms with Crippen molar-refractivity contribution in [2.75, 3.05) is 40.8 Å². The second-order valence-corrected chi connectivity index (χ2v) is 8.88. The maximum absolute atomic E-state index is 14.3. The fraction of sp³-hybridized carbons (Fsp3) is 0.346. The molecule has 4 aromatic rings. The van der Waals surface area contributed by atoms with Crippen LogP contribution in [0.2, 0.25) is 0 Å². The van der Waals surface area contributed by atoms with Crippen LogP contribution in [0.1, 0.15) is 22.5 Å². The van der Waals surface area contributed by atoms with E-state index in [9.17, 15) is 4.39 Å². The summed E-state index contributed by atoms with van der Waals surface area (Å²) < 4.78 is 19.4. The quantitative estimate of drug-likeness (QED) is 0.491. The fourth-order valence-corrected chi connectivity index (χ4v) is 4.74. The maximum Gasteiger partial charge on any atom is 0.165 e. The number of halogens is 1. The molecule has 0 spiro atoms. The number of fused-ring (bicyclic) bond motifs is 5. The van der Waals surface area contributed by atoms with Crippen LogP contribution < -0.4 is 4.74 Å². The largest absolute Gasteiger partial charge is 0.494 e. The summed E-state index contributed by atoms with van der Waals surface area (Å²) >= 11 is 0. The van der Waals surface area contributed by atoms with Gasteiger partial charge in [0.25, 0.3) is 0 Å². The number of pyridine rings is 1. The van der Waals surface area contributed by atoms with Crippen LogP contribution in [0.4, 0.5) is 4.39 Å². The lowest BCUT2D eigenvalue weighted by Gasteiger charge is -2.30. The molecule has 5 rings (SSSR count). The lowest BCUT2D eigenvalue weighted by Crippen LogP contribution is -2.36. The van der Waals surface area contributed by atoms with E-state index in [4.69, 9.17) is 9.72 Å². The predicted molar refractivity (Wildman–Crippen MR) is 127 cm³/mol. The van der Waals surface area contributed by atoms with Crippen molar-refractivity contribution < 1.29 is 9.13 Å². The molecule has 5 nitrogen and oxygen atoms in total. The molecule has 3 heterocycles. The SMILES string of the molecule is COc1ccc(Cc2nc3c(c4c2[nH]c2ccccc24)CCN(CCN(C)C)C3)cc1F. The lowest BCUT2D eigenvalue weighted by atomic mass is 9.96. The van der Waals surface area contributed by atoms with Crippen LogP contribution in [0.5, 0.6) is 5.75 Å². The second-order valence-electron chi connectivity index (χ2n) is 8.88. The van der Waals surface area contributed by atoms with E-state index in [0.717, 1.165) is 60.6 Å². The number of ether oxygens (including phenoxy) is 1. The molecule has 0 saturated carbocycles. The van der Waals surface area contributed by atoms with Crippen molar-refractivity contribution in [2.24, 2.45) is 0 Å². The van der Waals surface area contributed by atoms with Gasteiger partial charge in [0.15, 0.2) is 11.6 Å². The van der Waals surface area contributed by atoms with Gasteiger partial charge in [-0.25, -0.2) is 4.39 Å². The monoisotopic (exact) mass is 432 g/mol. The minimum Gasteiger partial charge on any atom is -0.494 e. The van der Waals surface area contributed by atoms with Gasteiger partial charge in [0.2, 0.25) is 0 Å². The van der Waals surface area contributed by atoms with Crippen LogP contribution in [0.25, 0.3) is 21.8 Å². The molecule has 1 aliphatic heterocycles. The van der Waals surface area contributed by atoms with Crippen molar-refractivity contribution in [3.8, 4) is 5.75 Å². The number of hydrogen-bond acceptors (Lipinski definition) is 4. The highest BCUT2D eigenvalue weighted by Crippen LogP contribution is 2.35. The Bertz CT molecular complexity index is 1280. The van der Waals surface area contributed by atoms with Crippen LogP contribution in [0, 0.1) is 5.82 Å². The molecule has 0 amide bonds. The van der Waals surface area contributed by atoms with E-state index in [-0.39, 0.29) is 11.6 Å². The smallest absolute Gasteiger partial charge is 0.165 e. The Hall–Kier alpha value is -2.96. The highest BCUT2D eigenvalue weighted by molar-refractivity contribution is 6.10. The number of para-hydroxylation sites is 1. The lowest BCUT2D eigenvalue weighted by molar-refractivity contribution is 0.222. The molecule has 0 unspecified atom stereocenters. The van der Waals surface area contributed by atoms with Crippen LogP contribution in [-0.2, 0) is 19.4 Å². The number of hydrogen-bond donors (Lipinski definition) is 1. The normalized spacial score (nSPS) is 14.4. The van der Waals surface area contributed by atoms with E-state index in [1.54, 1.807) is 12.1 Å². The molecule has 0 fully saturated rings. The number of likely N-dealkylation sites (N-methyl/N-ethyl adjacent to an activating group) is 1. The third-order valence-electron chi connectivity index (χ3n) is 6.42. The van der Waals surface area contributed by atoms with Gasteiger partial charge in [-0.15, -0.1) is 0 Å². The number of nitrogens with one attached hydrogen (secondary N) is 1. The third kappa shape index (κ3) is 3.85. The summed E-state index contributed by atoms with van der Waals surface area (Å²) in [5.74, 6) is -0.0786. The van der Waals surface area contributed by atoms with Gasteiger partial charge in [-0.2, -0.15) is 0 Å². The highest BCUT2D eigenvalue weighted by atomic mass is 19.1. The minimum absolute atomic E-state index is 0.263. The number of benzene rings is 2. The Morgan fingerprint density at radius 1 is 1.19 bits per heavy atom. The van der Waals surface area contributed by atoms with Crippen LogP contribution in [-0.4, -0.2) is 60.6 Å². The Morgan fingerprint density at radius 3 is 2.81 bits per heavy atom.